The van der Waals surface area contributed by atoms with Gasteiger partial charge in [-0.3, -0.25) is 4.79 Å². The minimum Gasteiger partial charge on any atom is -0.497 e. The van der Waals surface area contributed by atoms with Crippen LogP contribution in [0.2, 0.25) is 5.02 Å². The van der Waals surface area contributed by atoms with Crippen LogP contribution in [0.25, 0.3) is 0 Å². The van der Waals surface area contributed by atoms with E-state index < -0.39 is 15.8 Å². The molecule has 1 amide bonds. The van der Waals surface area contributed by atoms with Crippen molar-refractivity contribution < 1.29 is 22.3 Å². The average Bonchev–Trinajstić information content (AvgIpc) is 3.64. The summed E-state index contributed by atoms with van der Waals surface area (Å²) in [7, 11) is -2.11. The monoisotopic (exact) mass is 480 g/mol. The van der Waals surface area contributed by atoms with Gasteiger partial charge in [0.05, 0.1) is 18.6 Å². The van der Waals surface area contributed by atoms with Crippen LogP contribution in [0.15, 0.2) is 47.4 Å². The van der Waals surface area contributed by atoms with Gasteiger partial charge in [0, 0.05) is 35.6 Å². The first-order valence-electron chi connectivity index (χ1n) is 10.7. The second kappa shape index (κ2) is 9.37. The number of amides is 1. The molecule has 0 spiro atoms. The molecule has 0 radical (unpaired) electrons. The van der Waals surface area contributed by atoms with E-state index in [1.165, 1.54) is 29.6 Å². The van der Waals surface area contributed by atoms with Crippen LogP contribution in [0.3, 0.4) is 0 Å². The average molecular weight is 481 g/mol. The number of halogens is 2. The second-order valence-corrected chi connectivity index (χ2v) is 10.6. The third kappa shape index (κ3) is 4.77. The molecule has 2 aliphatic rings. The Kier molecular flexibility index (Phi) is 6.74. The molecule has 0 unspecified atom stereocenters. The summed E-state index contributed by atoms with van der Waals surface area (Å²) in [4.78, 5) is 15.2. The molecule has 32 heavy (non-hydrogen) atoms. The molecule has 0 N–H and O–H groups in total. The van der Waals surface area contributed by atoms with E-state index in [1.54, 1.807) is 29.2 Å². The molecule has 2 aromatic carbocycles. The Labute approximate surface area is 193 Å². The van der Waals surface area contributed by atoms with Gasteiger partial charge in [0.2, 0.25) is 15.9 Å². The van der Waals surface area contributed by atoms with Crippen LogP contribution < -0.4 is 4.74 Å². The molecule has 1 saturated carbocycles. The smallest absolute Gasteiger partial charge is 0.243 e. The fourth-order valence-corrected chi connectivity index (χ4v) is 5.79. The summed E-state index contributed by atoms with van der Waals surface area (Å²) < 4.78 is 46.7. The predicted octanol–water partition coefficient (Wildman–Crippen LogP) is 4.08. The normalized spacial score (nSPS) is 17.8. The van der Waals surface area contributed by atoms with Crippen molar-refractivity contribution in [2.45, 2.75) is 43.2 Å². The molecule has 1 aliphatic carbocycles. The van der Waals surface area contributed by atoms with Crippen molar-refractivity contribution in [1.29, 1.82) is 0 Å². The van der Waals surface area contributed by atoms with E-state index in [-0.39, 0.29) is 42.4 Å². The van der Waals surface area contributed by atoms with Gasteiger partial charge in [0.1, 0.15) is 11.6 Å². The summed E-state index contributed by atoms with van der Waals surface area (Å²) in [6, 6.07) is 10.9. The molecule has 9 heteroatoms. The molecular formula is C23H26ClFN2O4S. The first-order chi connectivity index (χ1) is 15.3. The highest BCUT2D eigenvalue weighted by molar-refractivity contribution is 7.89. The molecule has 172 valence electrons. The van der Waals surface area contributed by atoms with Crippen molar-refractivity contribution in [3.63, 3.8) is 0 Å². The molecule has 0 bridgehead atoms. The summed E-state index contributed by atoms with van der Waals surface area (Å²) in [6.45, 7) is 0.673. The molecule has 1 heterocycles. The van der Waals surface area contributed by atoms with E-state index in [1.807, 2.05) is 0 Å². The molecule has 4 rings (SSSR count). The van der Waals surface area contributed by atoms with E-state index in [4.69, 9.17) is 16.3 Å². The molecular weight excluding hydrogens is 455 g/mol. The summed E-state index contributed by atoms with van der Waals surface area (Å²) in [5, 5.41) is 0.309. The predicted molar refractivity (Wildman–Crippen MR) is 119 cm³/mol. The number of nitrogens with zero attached hydrogens (tertiary/aromatic N) is 2. The lowest BCUT2D eigenvalue weighted by atomic mass is 9.96. The van der Waals surface area contributed by atoms with Gasteiger partial charge in [-0.1, -0.05) is 17.7 Å². The Bertz CT molecular complexity index is 1060. The van der Waals surface area contributed by atoms with E-state index in [0.717, 1.165) is 12.8 Å². The SMILES string of the molecule is COc1ccc(S(=O)(=O)N2CCC(C(=O)N(Cc3c(F)cccc3Cl)C3CC3)CC2)cc1. The molecule has 2 aromatic rings. The van der Waals surface area contributed by atoms with Crippen molar-refractivity contribution in [3.05, 3.63) is 58.9 Å². The second-order valence-electron chi connectivity index (χ2n) is 8.25. The first-order valence-corrected chi connectivity index (χ1v) is 12.5. The standard InChI is InChI=1S/C23H26ClFN2O4S/c1-31-18-7-9-19(10-8-18)32(29,30)26-13-11-16(12-14-26)23(28)27(17-5-6-17)15-20-21(24)3-2-4-22(20)25/h2-4,7-10,16-17H,5-6,11-15H2,1H3. The Morgan fingerprint density at radius 3 is 2.34 bits per heavy atom. The maximum atomic E-state index is 14.3. The van der Waals surface area contributed by atoms with E-state index in [0.29, 0.717) is 29.2 Å². The third-order valence-corrected chi connectivity index (χ3v) is 8.43. The van der Waals surface area contributed by atoms with Crippen molar-refractivity contribution in [2.75, 3.05) is 20.2 Å². The first kappa shape index (κ1) is 23.0. The number of ether oxygens (including phenoxy) is 1. The number of sulfonamides is 1. The lowest BCUT2D eigenvalue weighted by Gasteiger charge is -2.34. The number of rotatable bonds is 7. The van der Waals surface area contributed by atoms with Gasteiger partial charge in [-0.25, -0.2) is 12.8 Å². The quantitative estimate of drug-likeness (QED) is 0.599. The van der Waals surface area contributed by atoms with Crippen LogP contribution in [-0.4, -0.2) is 49.8 Å². The van der Waals surface area contributed by atoms with Gasteiger partial charge >= 0.3 is 0 Å². The van der Waals surface area contributed by atoms with Gasteiger partial charge in [-0.15, -0.1) is 0 Å². The topological polar surface area (TPSA) is 66.9 Å². The molecule has 1 saturated heterocycles. The zero-order valence-electron chi connectivity index (χ0n) is 17.8. The zero-order chi connectivity index (χ0) is 22.9. The number of hydrogen-bond acceptors (Lipinski definition) is 4. The molecule has 1 aliphatic heterocycles. The van der Waals surface area contributed by atoms with Crippen LogP contribution in [-0.2, 0) is 21.4 Å². The maximum absolute atomic E-state index is 14.3. The summed E-state index contributed by atoms with van der Waals surface area (Å²) in [5.41, 5.74) is 0.328. The van der Waals surface area contributed by atoms with Crippen molar-refractivity contribution in [1.82, 2.24) is 9.21 Å². The minimum atomic E-state index is -3.63. The van der Waals surface area contributed by atoms with Gasteiger partial charge in [-0.2, -0.15) is 4.31 Å². The van der Waals surface area contributed by atoms with Gasteiger partial charge in [0.25, 0.3) is 0 Å². The number of methoxy groups -OCH3 is 1. The highest BCUT2D eigenvalue weighted by atomic mass is 35.5. The fraction of sp³-hybridized carbons (Fsp3) is 0.435. The van der Waals surface area contributed by atoms with Crippen LogP contribution in [0.5, 0.6) is 5.75 Å². The van der Waals surface area contributed by atoms with Crippen LogP contribution in [0, 0.1) is 11.7 Å². The number of piperidine rings is 1. The summed E-state index contributed by atoms with van der Waals surface area (Å²) in [5.74, 6) is -0.170. The Balaban J connectivity index is 1.43. The minimum absolute atomic E-state index is 0.0479. The number of benzene rings is 2. The van der Waals surface area contributed by atoms with Gasteiger partial charge < -0.3 is 9.64 Å². The van der Waals surface area contributed by atoms with Crippen molar-refractivity contribution >= 4 is 27.5 Å². The van der Waals surface area contributed by atoms with Gasteiger partial charge in [0.15, 0.2) is 0 Å². The molecule has 0 atom stereocenters. The summed E-state index contributed by atoms with van der Waals surface area (Å²) >= 11 is 6.18. The van der Waals surface area contributed by atoms with Crippen LogP contribution in [0.1, 0.15) is 31.2 Å². The molecule has 2 fully saturated rings. The van der Waals surface area contributed by atoms with Crippen molar-refractivity contribution in [3.8, 4) is 5.75 Å². The lowest BCUT2D eigenvalue weighted by molar-refractivity contribution is -0.138. The third-order valence-electron chi connectivity index (χ3n) is 6.16. The molecule has 0 aromatic heterocycles. The lowest BCUT2D eigenvalue weighted by Crippen LogP contribution is -2.45. The van der Waals surface area contributed by atoms with E-state index >= 15 is 0 Å². The number of hydrogen-bond donors (Lipinski definition) is 0. The number of carbonyl (C=O) groups is 1. The van der Waals surface area contributed by atoms with Crippen LogP contribution in [0.4, 0.5) is 4.39 Å². The Hall–Kier alpha value is -2.16. The molecule has 6 nitrogen and oxygen atoms in total. The van der Waals surface area contributed by atoms with Crippen molar-refractivity contribution in [2.24, 2.45) is 5.92 Å². The van der Waals surface area contributed by atoms with E-state index in [9.17, 15) is 17.6 Å². The van der Waals surface area contributed by atoms with E-state index in [2.05, 4.69) is 0 Å². The Morgan fingerprint density at radius 2 is 1.78 bits per heavy atom. The highest BCUT2D eigenvalue weighted by Gasteiger charge is 2.39. The van der Waals surface area contributed by atoms with Gasteiger partial charge in [-0.05, 0) is 62.1 Å². The summed E-state index contributed by atoms with van der Waals surface area (Å²) in [6.07, 6.45) is 2.65. The highest BCUT2D eigenvalue weighted by Crippen LogP contribution is 2.34. The van der Waals surface area contributed by atoms with Crippen LogP contribution >= 0.6 is 11.6 Å². The maximum Gasteiger partial charge on any atom is 0.243 e. The number of carbonyl (C=O) groups excluding carboxylic acids is 1. The Morgan fingerprint density at radius 1 is 1.12 bits per heavy atom. The largest absolute Gasteiger partial charge is 0.497 e. The zero-order valence-corrected chi connectivity index (χ0v) is 19.4. The fourth-order valence-electron chi connectivity index (χ4n) is 4.10.